The average Bonchev–Trinajstić information content (AvgIpc) is 2.99. The van der Waals surface area contributed by atoms with Crippen LogP contribution in [0, 0.1) is 11.3 Å². The van der Waals surface area contributed by atoms with Gasteiger partial charge in [0.2, 0.25) is 5.90 Å². The predicted octanol–water partition coefficient (Wildman–Crippen LogP) is 2.99. The Balaban J connectivity index is 2.01. The van der Waals surface area contributed by atoms with Crippen LogP contribution in [-0.4, -0.2) is 26.0 Å². The topological polar surface area (TPSA) is 80.9 Å². The van der Waals surface area contributed by atoms with E-state index in [4.69, 9.17) is 14.2 Å². The molecule has 128 valence electrons. The van der Waals surface area contributed by atoms with Crippen molar-refractivity contribution in [1.82, 2.24) is 0 Å². The standard InChI is InChI=1S/C20H14N2O4/c1-24-12-7-11(8-13(9-12)25-2)17-14-5-3-4-6-16(14)26-20-18(17)15(10-21)19(23)22-20/h3-9,17H,1-2H3. The first-order chi connectivity index (χ1) is 12.7. The van der Waals surface area contributed by atoms with Gasteiger partial charge in [0.05, 0.1) is 19.8 Å². The quantitative estimate of drug-likeness (QED) is 0.853. The SMILES string of the molecule is COc1cc(OC)cc(C2C3=C(C#N)C(=O)N=C3Oc3ccccc32)c1. The number of carbonyl (C=O) groups is 1. The number of benzene rings is 2. The fourth-order valence-corrected chi connectivity index (χ4v) is 3.30. The Kier molecular flexibility index (Phi) is 3.70. The summed E-state index contributed by atoms with van der Waals surface area (Å²) in [5.74, 6) is 1.05. The fraction of sp³-hybridized carbons (Fsp3) is 0.150. The van der Waals surface area contributed by atoms with Crippen molar-refractivity contribution in [3.63, 3.8) is 0 Å². The molecule has 26 heavy (non-hydrogen) atoms. The average molecular weight is 346 g/mol. The molecule has 0 fully saturated rings. The van der Waals surface area contributed by atoms with E-state index in [-0.39, 0.29) is 17.4 Å². The first kappa shape index (κ1) is 15.9. The molecule has 0 saturated carbocycles. The van der Waals surface area contributed by atoms with Crippen LogP contribution in [-0.2, 0) is 4.79 Å². The molecular formula is C20H14N2O4. The molecule has 6 heteroatoms. The van der Waals surface area contributed by atoms with E-state index < -0.39 is 5.91 Å². The van der Waals surface area contributed by atoms with E-state index in [2.05, 4.69) is 4.99 Å². The Hall–Kier alpha value is -3.59. The third kappa shape index (κ3) is 2.33. The van der Waals surface area contributed by atoms with Crippen LogP contribution < -0.4 is 14.2 Å². The summed E-state index contributed by atoms with van der Waals surface area (Å²) in [7, 11) is 3.14. The summed E-state index contributed by atoms with van der Waals surface area (Å²) < 4.78 is 16.5. The van der Waals surface area contributed by atoms with E-state index >= 15 is 0 Å². The molecule has 0 bridgehead atoms. The number of hydrogen-bond acceptors (Lipinski definition) is 5. The highest BCUT2D eigenvalue weighted by Crippen LogP contribution is 2.46. The minimum Gasteiger partial charge on any atom is -0.497 e. The van der Waals surface area contributed by atoms with E-state index in [9.17, 15) is 10.1 Å². The Bertz CT molecular complexity index is 1010. The summed E-state index contributed by atoms with van der Waals surface area (Å²) in [6.07, 6.45) is 0. The van der Waals surface area contributed by atoms with Crippen LogP contribution in [0.25, 0.3) is 0 Å². The normalized spacial score (nSPS) is 17.7. The molecule has 0 N–H and O–H groups in total. The monoisotopic (exact) mass is 346 g/mol. The second-order valence-corrected chi connectivity index (χ2v) is 5.84. The third-order valence-electron chi connectivity index (χ3n) is 4.46. The maximum absolute atomic E-state index is 12.1. The first-order valence-electron chi connectivity index (χ1n) is 7.93. The molecule has 2 heterocycles. The molecule has 2 aromatic rings. The predicted molar refractivity (Wildman–Crippen MR) is 93.5 cm³/mol. The van der Waals surface area contributed by atoms with Crippen molar-refractivity contribution in [1.29, 1.82) is 5.26 Å². The van der Waals surface area contributed by atoms with Gasteiger partial charge in [-0.15, -0.1) is 0 Å². The smallest absolute Gasteiger partial charge is 0.291 e. The van der Waals surface area contributed by atoms with E-state index in [0.717, 1.165) is 11.1 Å². The lowest BCUT2D eigenvalue weighted by Gasteiger charge is -2.28. The van der Waals surface area contributed by atoms with Gasteiger partial charge < -0.3 is 14.2 Å². The molecule has 2 aliphatic heterocycles. The number of rotatable bonds is 3. The van der Waals surface area contributed by atoms with Gasteiger partial charge in [0.25, 0.3) is 5.91 Å². The number of amides is 1. The largest absolute Gasteiger partial charge is 0.497 e. The number of nitrogens with zero attached hydrogens (tertiary/aromatic N) is 2. The maximum atomic E-state index is 12.1. The zero-order valence-electron chi connectivity index (χ0n) is 14.1. The van der Waals surface area contributed by atoms with Crippen molar-refractivity contribution in [3.8, 4) is 23.3 Å². The van der Waals surface area contributed by atoms with Gasteiger partial charge in [0.1, 0.15) is 28.9 Å². The second kappa shape index (κ2) is 6.05. The molecule has 0 saturated heterocycles. The van der Waals surface area contributed by atoms with E-state index in [1.807, 2.05) is 42.5 Å². The number of aliphatic imine (C=N–C) groups is 1. The lowest BCUT2D eigenvalue weighted by Crippen LogP contribution is -2.23. The summed E-state index contributed by atoms with van der Waals surface area (Å²) in [6, 6.07) is 14.9. The van der Waals surface area contributed by atoms with Crippen LogP contribution in [0.4, 0.5) is 0 Å². The van der Waals surface area contributed by atoms with Gasteiger partial charge in [-0.1, -0.05) is 18.2 Å². The molecule has 0 spiro atoms. The molecule has 0 aromatic heterocycles. The molecule has 4 rings (SSSR count). The number of methoxy groups -OCH3 is 2. The molecule has 1 unspecified atom stereocenters. The van der Waals surface area contributed by atoms with Crippen molar-refractivity contribution in [2.45, 2.75) is 5.92 Å². The first-order valence-corrected chi connectivity index (χ1v) is 7.93. The van der Waals surface area contributed by atoms with Crippen LogP contribution in [0.3, 0.4) is 0 Å². The van der Waals surface area contributed by atoms with Gasteiger partial charge >= 0.3 is 0 Å². The summed E-state index contributed by atoms with van der Waals surface area (Å²) >= 11 is 0. The van der Waals surface area contributed by atoms with Crippen molar-refractivity contribution >= 4 is 11.8 Å². The molecule has 2 aliphatic rings. The van der Waals surface area contributed by atoms with Crippen molar-refractivity contribution in [2.75, 3.05) is 14.2 Å². The van der Waals surface area contributed by atoms with Crippen molar-refractivity contribution < 1.29 is 19.0 Å². The van der Waals surface area contributed by atoms with Crippen molar-refractivity contribution in [3.05, 3.63) is 64.7 Å². The summed E-state index contributed by atoms with van der Waals surface area (Å²) in [4.78, 5) is 16.1. The molecule has 2 aromatic carbocycles. The van der Waals surface area contributed by atoms with Gasteiger partial charge in [0.15, 0.2) is 0 Å². The molecule has 1 atom stereocenters. The van der Waals surface area contributed by atoms with Crippen LogP contribution >= 0.6 is 0 Å². The maximum Gasteiger partial charge on any atom is 0.291 e. The highest BCUT2D eigenvalue weighted by atomic mass is 16.5. The number of carbonyl (C=O) groups excluding carboxylic acids is 1. The number of para-hydroxylation sites is 1. The van der Waals surface area contributed by atoms with E-state index in [0.29, 0.717) is 22.8 Å². The summed E-state index contributed by atoms with van der Waals surface area (Å²) in [6.45, 7) is 0. The lowest BCUT2D eigenvalue weighted by atomic mass is 9.81. The van der Waals surface area contributed by atoms with Crippen LogP contribution in [0.5, 0.6) is 17.2 Å². The number of nitriles is 1. The molecular weight excluding hydrogens is 332 g/mol. The molecule has 0 radical (unpaired) electrons. The molecule has 1 amide bonds. The Morgan fingerprint density at radius 2 is 1.81 bits per heavy atom. The van der Waals surface area contributed by atoms with Gasteiger partial charge in [-0.2, -0.15) is 10.3 Å². The zero-order chi connectivity index (χ0) is 18.3. The molecule has 6 nitrogen and oxygen atoms in total. The van der Waals surface area contributed by atoms with Gasteiger partial charge in [-0.25, -0.2) is 0 Å². The number of hydrogen-bond donors (Lipinski definition) is 0. The Labute approximate surface area is 149 Å². The third-order valence-corrected chi connectivity index (χ3v) is 4.46. The van der Waals surface area contributed by atoms with Crippen LogP contribution in [0.15, 0.2) is 58.6 Å². The highest BCUT2D eigenvalue weighted by molar-refractivity contribution is 6.20. The summed E-state index contributed by atoms with van der Waals surface area (Å²) in [5.41, 5.74) is 2.15. The lowest BCUT2D eigenvalue weighted by molar-refractivity contribution is -0.113. The minimum atomic E-state index is -0.579. The molecule has 0 aliphatic carbocycles. The Morgan fingerprint density at radius 3 is 2.46 bits per heavy atom. The van der Waals surface area contributed by atoms with Gasteiger partial charge in [-0.3, -0.25) is 4.79 Å². The van der Waals surface area contributed by atoms with E-state index in [1.54, 1.807) is 20.3 Å². The highest BCUT2D eigenvalue weighted by Gasteiger charge is 2.40. The van der Waals surface area contributed by atoms with Gasteiger partial charge in [-0.05, 0) is 23.8 Å². The number of ether oxygens (including phenoxy) is 3. The van der Waals surface area contributed by atoms with Gasteiger partial charge in [0, 0.05) is 17.5 Å². The van der Waals surface area contributed by atoms with Crippen LogP contribution in [0.2, 0.25) is 0 Å². The second-order valence-electron chi connectivity index (χ2n) is 5.84. The Morgan fingerprint density at radius 1 is 1.12 bits per heavy atom. The fourth-order valence-electron chi connectivity index (χ4n) is 3.30. The van der Waals surface area contributed by atoms with Crippen molar-refractivity contribution in [2.24, 2.45) is 4.99 Å². The number of fused-ring (bicyclic) bond motifs is 2. The van der Waals surface area contributed by atoms with Crippen LogP contribution in [0.1, 0.15) is 17.0 Å². The minimum absolute atomic E-state index is 0.00119. The van der Waals surface area contributed by atoms with E-state index in [1.165, 1.54) is 0 Å². The zero-order valence-corrected chi connectivity index (χ0v) is 14.1. The summed E-state index contributed by atoms with van der Waals surface area (Å²) in [5, 5.41) is 9.48.